The zero-order valence-corrected chi connectivity index (χ0v) is 31.0. The third-order valence-electron chi connectivity index (χ3n) is 11.8. The zero-order chi connectivity index (χ0) is 37.5. The summed E-state index contributed by atoms with van der Waals surface area (Å²) in [6, 6.07) is 74.6. The molecule has 0 N–H and O–H groups in total. The molecule has 57 heavy (non-hydrogen) atoms. The van der Waals surface area contributed by atoms with Gasteiger partial charge in [0.2, 0.25) is 0 Å². The lowest BCUT2D eigenvalue weighted by Gasteiger charge is -2.19. The molecule has 12 rings (SSSR count). The second kappa shape index (κ2) is 12.5. The molecule has 0 bridgehead atoms. The molecule has 0 aliphatic carbocycles. The van der Waals surface area contributed by atoms with Crippen molar-refractivity contribution in [2.75, 3.05) is 0 Å². The highest BCUT2D eigenvalue weighted by Gasteiger charge is 2.33. The van der Waals surface area contributed by atoms with Crippen LogP contribution < -0.4 is 0 Å². The molecule has 1 aromatic heterocycles. The molecule has 2 heterocycles. The summed E-state index contributed by atoms with van der Waals surface area (Å²) in [5, 5.41) is 12.6. The van der Waals surface area contributed by atoms with Crippen LogP contribution in [0.4, 0.5) is 5.69 Å². The molecule has 0 unspecified atom stereocenters. The molecular formula is C54H34N3+. The first kappa shape index (κ1) is 31.7. The lowest BCUT2D eigenvalue weighted by atomic mass is 9.88. The molecule has 0 spiro atoms. The summed E-state index contributed by atoms with van der Waals surface area (Å²) in [7, 11) is 0. The Morgan fingerprint density at radius 2 is 0.982 bits per heavy atom. The maximum Gasteiger partial charge on any atom is 0.279 e. The summed E-state index contributed by atoms with van der Waals surface area (Å²) >= 11 is 0. The number of aromatic nitrogens is 1. The SMILES string of the molecule is c1ccc(C2=[N+](c3ccccc3)C(c3ccc(-n4c5ccc6ccccc6c5c5c6c7ccccc7c(-c7ccccc7)cc6c6ccccc6c54)cc3)=N2)cc1. The predicted molar refractivity (Wildman–Crippen MR) is 240 cm³/mol. The van der Waals surface area contributed by atoms with Crippen molar-refractivity contribution < 1.29 is 4.58 Å². The van der Waals surface area contributed by atoms with Crippen LogP contribution in [0.5, 0.6) is 0 Å². The molecule has 1 aliphatic rings. The van der Waals surface area contributed by atoms with E-state index in [9.17, 15) is 0 Å². The smallest absolute Gasteiger partial charge is 0.279 e. The van der Waals surface area contributed by atoms with Crippen LogP contribution in [0.25, 0.3) is 81.7 Å². The van der Waals surface area contributed by atoms with Crippen molar-refractivity contribution >= 4 is 82.3 Å². The van der Waals surface area contributed by atoms with Crippen molar-refractivity contribution in [2.45, 2.75) is 0 Å². The number of hydrogen-bond donors (Lipinski definition) is 0. The minimum absolute atomic E-state index is 0.942. The van der Waals surface area contributed by atoms with E-state index in [-0.39, 0.29) is 0 Å². The number of para-hydroxylation sites is 1. The summed E-state index contributed by atoms with van der Waals surface area (Å²) in [6.07, 6.45) is 0. The van der Waals surface area contributed by atoms with Gasteiger partial charge in [0.05, 0.1) is 22.2 Å². The maximum atomic E-state index is 5.13. The number of benzene rings is 10. The maximum absolute atomic E-state index is 5.13. The van der Waals surface area contributed by atoms with Crippen LogP contribution in [0.15, 0.2) is 211 Å². The van der Waals surface area contributed by atoms with Crippen molar-refractivity contribution in [3.8, 4) is 16.8 Å². The van der Waals surface area contributed by atoms with Crippen LogP contribution in [0.2, 0.25) is 0 Å². The highest BCUT2D eigenvalue weighted by molar-refractivity contribution is 6.40. The Morgan fingerprint density at radius 3 is 1.72 bits per heavy atom. The van der Waals surface area contributed by atoms with Crippen LogP contribution in [0.1, 0.15) is 11.1 Å². The summed E-state index contributed by atoms with van der Waals surface area (Å²) in [5.74, 6) is 1.90. The normalized spacial score (nSPS) is 12.9. The van der Waals surface area contributed by atoms with Crippen LogP contribution in [-0.2, 0) is 0 Å². The Bertz CT molecular complexity index is 3470. The highest BCUT2D eigenvalue weighted by atomic mass is 15.2. The largest absolute Gasteiger partial charge is 0.309 e. The van der Waals surface area contributed by atoms with E-state index in [0.29, 0.717) is 0 Å². The van der Waals surface area contributed by atoms with Gasteiger partial charge in [0.1, 0.15) is 5.69 Å². The molecule has 264 valence electrons. The molecule has 0 radical (unpaired) electrons. The van der Waals surface area contributed by atoms with Gasteiger partial charge in [-0.1, -0.05) is 151 Å². The summed E-state index contributed by atoms with van der Waals surface area (Å²) in [5.41, 5.74) is 9.28. The molecule has 3 heteroatoms. The number of amidine groups is 2. The second-order valence-corrected chi connectivity index (χ2v) is 14.9. The fourth-order valence-corrected chi connectivity index (χ4v) is 9.28. The van der Waals surface area contributed by atoms with Gasteiger partial charge in [-0.25, -0.2) is 0 Å². The molecule has 3 nitrogen and oxygen atoms in total. The average molecular weight is 725 g/mol. The number of nitrogens with zero attached hydrogens (tertiary/aromatic N) is 3. The number of rotatable bonds is 5. The number of aliphatic imine (C=N–C) groups is 1. The van der Waals surface area contributed by atoms with Crippen molar-refractivity contribution in [1.29, 1.82) is 0 Å². The topological polar surface area (TPSA) is 20.3 Å². The van der Waals surface area contributed by atoms with E-state index in [0.717, 1.165) is 34.2 Å². The Kier molecular flexibility index (Phi) is 6.93. The molecule has 0 saturated carbocycles. The molecule has 10 aromatic carbocycles. The van der Waals surface area contributed by atoms with E-state index >= 15 is 0 Å². The molecule has 0 atom stereocenters. The van der Waals surface area contributed by atoms with Gasteiger partial charge < -0.3 is 4.57 Å². The van der Waals surface area contributed by atoms with E-state index in [1.807, 2.05) is 6.07 Å². The summed E-state index contributed by atoms with van der Waals surface area (Å²) < 4.78 is 4.77. The third-order valence-corrected chi connectivity index (χ3v) is 11.8. The molecule has 11 aromatic rings. The minimum Gasteiger partial charge on any atom is -0.309 e. The fourth-order valence-electron chi connectivity index (χ4n) is 9.28. The van der Waals surface area contributed by atoms with Gasteiger partial charge in [0.15, 0.2) is 0 Å². The van der Waals surface area contributed by atoms with Gasteiger partial charge in [-0.2, -0.15) is 4.58 Å². The summed E-state index contributed by atoms with van der Waals surface area (Å²) in [4.78, 5) is 5.13. The second-order valence-electron chi connectivity index (χ2n) is 14.9. The third kappa shape index (κ3) is 4.73. The van der Waals surface area contributed by atoms with Crippen molar-refractivity contribution in [3.05, 3.63) is 217 Å². The average Bonchev–Trinajstić information content (AvgIpc) is 3.63. The highest BCUT2D eigenvalue weighted by Crippen LogP contribution is 2.48. The van der Waals surface area contributed by atoms with Gasteiger partial charge in [-0.3, -0.25) is 0 Å². The van der Waals surface area contributed by atoms with Gasteiger partial charge in [0, 0.05) is 27.2 Å². The van der Waals surface area contributed by atoms with Gasteiger partial charge in [0.25, 0.3) is 11.7 Å². The van der Waals surface area contributed by atoms with Gasteiger partial charge in [-0.05, 0) is 104 Å². The van der Waals surface area contributed by atoms with Gasteiger partial charge >= 0.3 is 0 Å². The minimum atomic E-state index is 0.942. The van der Waals surface area contributed by atoms with Gasteiger partial charge in [-0.15, -0.1) is 0 Å². The van der Waals surface area contributed by atoms with Crippen molar-refractivity contribution in [1.82, 2.24) is 4.57 Å². The predicted octanol–water partition coefficient (Wildman–Crippen LogP) is 13.6. The Labute approximate surface area is 329 Å². The Balaban J connectivity index is 1.15. The van der Waals surface area contributed by atoms with E-state index in [2.05, 4.69) is 209 Å². The number of fused-ring (bicyclic) bond motifs is 12. The van der Waals surface area contributed by atoms with Crippen molar-refractivity contribution in [2.24, 2.45) is 4.99 Å². The van der Waals surface area contributed by atoms with Crippen LogP contribution in [0.3, 0.4) is 0 Å². The molecule has 1 aliphatic heterocycles. The van der Waals surface area contributed by atoms with Crippen LogP contribution in [-0.4, -0.2) is 20.8 Å². The van der Waals surface area contributed by atoms with E-state index in [4.69, 9.17) is 4.99 Å². The van der Waals surface area contributed by atoms with Crippen LogP contribution >= 0.6 is 0 Å². The van der Waals surface area contributed by atoms with E-state index < -0.39 is 0 Å². The van der Waals surface area contributed by atoms with E-state index in [1.54, 1.807) is 0 Å². The first-order valence-electron chi connectivity index (χ1n) is 19.6. The first-order chi connectivity index (χ1) is 28.3. The zero-order valence-electron chi connectivity index (χ0n) is 31.0. The quantitative estimate of drug-likeness (QED) is 0.124. The molecular weight excluding hydrogens is 691 g/mol. The fraction of sp³-hybridized carbons (Fsp3) is 0. The summed E-state index contributed by atoms with van der Waals surface area (Å²) in [6.45, 7) is 0. The number of hydrogen-bond acceptors (Lipinski definition) is 1. The van der Waals surface area contributed by atoms with Crippen molar-refractivity contribution in [3.63, 3.8) is 0 Å². The monoisotopic (exact) mass is 724 g/mol. The Hall–Kier alpha value is -7.62. The standard InChI is InChI=1S/C54H34N3/c1-4-16-35(17-5-1)46-34-47-43-25-13-15-27-45(43)52-51(49(47)44-26-14-12-24-42(44)46)50-41-23-11-10-18-36(41)30-33-48(50)56(52)40-31-28-38(29-32-40)54-55-53(37-19-6-2-7-20-37)57(54)39-21-8-3-9-22-39/h1-34H/q+1. The first-order valence-corrected chi connectivity index (χ1v) is 19.6. The van der Waals surface area contributed by atoms with E-state index in [1.165, 1.54) is 76.0 Å². The Morgan fingerprint density at radius 1 is 0.386 bits per heavy atom. The molecule has 0 saturated heterocycles. The lowest BCUT2D eigenvalue weighted by molar-refractivity contribution is -0.319. The molecule has 0 fully saturated rings. The lowest BCUT2D eigenvalue weighted by Crippen LogP contribution is -2.34. The molecule has 0 amide bonds. The van der Waals surface area contributed by atoms with Crippen LogP contribution in [0, 0.1) is 0 Å².